The van der Waals surface area contributed by atoms with Crippen molar-refractivity contribution in [2.75, 3.05) is 0 Å². The van der Waals surface area contributed by atoms with Gasteiger partial charge in [-0.1, -0.05) is 17.2 Å². The molecule has 2 N–H and O–H groups in total. The van der Waals surface area contributed by atoms with Crippen LogP contribution in [-0.2, 0) is 0 Å². The third-order valence-corrected chi connectivity index (χ3v) is 1.52. The maximum absolute atomic E-state index is 8.60. The smallest absolute Gasteiger partial charge is 0.171 e. The zero-order valence-corrected chi connectivity index (χ0v) is 8.04. The molecule has 0 amide bonds. The highest BCUT2D eigenvalue weighted by Crippen LogP contribution is 2.06. The number of hydrogen-bond donors (Lipinski definition) is 2. The average molecular weight is 170 g/mol. The molecule has 0 radical (unpaired) electrons. The van der Waals surface area contributed by atoms with E-state index in [1.807, 2.05) is 6.92 Å². The van der Waals surface area contributed by atoms with Crippen molar-refractivity contribution in [2.24, 2.45) is 0 Å². The predicted octanol–water partition coefficient (Wildman–Crippen LogP) is 1.99. The summed E-state index contributed by atoms with van der Waals surface area (Å²) < 4.78 is 0. The van der Waals surface area contributed by atoms with Crippen LogP contribution >= 0.6 is 0 Å². The molecular formula is C10H18O2. The molecular weight excluding hydrogens is 152 g/mol. The fraction of sp³-hybridized carbons (Fsp3) is 0.600. The maximum Gasteiger partial charge on any atom is 0.171 e. The molecule has 2 nitrogen and oxygen atoms in total. The van der Waals surface area contributed by atoms with E-state index in [1.165, 1.54) is 11.6 Å². The number of aliphatic hydroxyl groups is 2. The summed E-state index contributed by atoms with van der Waals surface area (Å²) in [6.07, 6.45) is 4.15. The first kappa shape index (κ1) is 11.4. The zero-order valence-electron chi connectivity index (χ0n) is 8.04. The van der Waals surface area contributed by atoms with Gasteiger partial charge in [-0.2, -0.15) is 0 Å². The first-order valence-corrected chi connectivity index (χ1v) is 4.19. The Morgan fingerprint density at radius 2 is 1.83 bits per heavy atom. The van der Waals surface area contributed by atoms with Gasteiger partial charge in [-0.3, -0.25) is 0 Å². The van der Waals surface area contributed by atoms with Crippen molar-refractivity contribution in [1.82, 2.24) is 0 Å². The summed E-state index contributed by atoms with van der Waals surface area (Å²) >= 11 is 0. The highest BCUT2D eigenvalue weighted by atomic mass is 16.5. The topological polar surface area (TPSA) is 40.5 Å². The van der Waals surface area contributed by atoms with Crippen molar-refractivity contribution in [1.29, 1.82) is 0 Å². The Morgan fingerprint density at radius 3 is 2.25 bits per heavy atom. The van der Waals surface area contributed by atoms with Gasteiger partial charge in [-0.15, -0.1) is 0 Å². The highest BCUT2D eigenvalue weighted by molar-refractivity contribution is 5.02. The molecule has 0 aliphatic rings. The van der Waals surface area contributed by atoms with E-state index in [1.54, 1.807) is 0 Å². The molecule has 12 heavy (non-hydrogen) atoms. The van der Waals surface area contributed by atoms with Gasteiger partial charge < -0.3 is 10.2 Å². The van der Waals surface area contributed by atoms with Crippen molar-refractivity contribution in [3.8, 4) is 0 Å². The monoisotopic (exact) mass is 170 g/mol. The lowest BCUT2D eigenvalue weighted by molar-refractivity contribution is 0.00164. The second-order valence-corrected chi connectivity index (χ2v) is 3.25. The maximum atomic E-state index is 8.60. The van der Waals surface area contributed by atoms with Crippen LogP contribution in [0.5, 0.6) is 0 Å². The standard InChI is InChI=1S/C10H18O2/c1-8(2)5-4-6-9(3)7-10(11)12/h5,7,10-12H,4,6H2,1-3H3/b9-7+. The van der Waals surface area contributed by atoms with Gasteiger partial charge in [-0.25, -0.2) is 0 Å². The van der Waals surface area contributed by atoms with Crippen LogP contribution in [0, 0.1) is 0 Å². The average Bonchev–Trinajstić information content (AvgIpc) is 1.84. The van der Waals surface area contributed by atoms with Crippen molar-refractivity contribution < 1.29 is 10.2 Å². The lowest BCUT2D eigenvalue weighted by Gasteiger charge is -2.00. The minimum atomic E-state index is -1.31. The van der Waals surface area contributed by atoms with Crippen molar-refractivity contribution in [3.05, 3.63) is 23.3 Å². The molecule has 0 heterocycles. The molecule has 0 aliphatic carbocycles. The molecule has 0 atom stereocenters. The highest BCUT2D eigenvalue weighted by Gasteiger charge is 1.93. The molecule has 0 aromatic heterocycles. The van der Waals surface area contributed by atoms with E-state index in [-0.39, 0.29) is 0 Å². The molecule has 0 saturated carbocycles. The van der Waals surface area contributed by atoms with Gasteiger partial charge in [0.25, 0.3) is 0 Å². The van der Waals surface area contributed by atoms with Gasteiger partial charge in [0.2, 0.25) is 0 Å². The zero-order chi connectivity index (χ0) is 9.56. The van der Waals surface area contributed by atoms with Gasteiger partial charge in [0.15, 0.2) is 6.29 Å². The summed E-state index contributed by atoms with van der Waals surface area (Å²) in [5.41, 5.74) is 2.31. The minimum absolute atomic E-state index is 0.892. The predicted molar refractivity (Wildman–Crippen MR) is 50.6 cm³/mol. The fourth-order valence-corrected chi connectivity index (χ4v) is 0.926. The molecule has 0 aromatic carbocycles. The molecule has 0 bridgehead atoms. The van der Waals surface area contributed by atoms with Gasteiger partial charge in [0, 0.05) is 0 Å². The lowest BCUT2D eigenvalue weighted by Crippen LogP contribution is -1.99. The summed E-state index contributed by atoms with van der Waals surface area (Å²) in [7, 11) is 0. The molecule has 0 aliphatic heterocycles. The molecule has 0 unspecified atom stereocenters. The fourth-order valence-electron chi connectivity index (χ4n) is 0.926. The van der Waals surface area contributed by atoms with Crippen LogP contribution in [-0.4, -0.2) is 16.5 Å². The summed E-state index contributed by atoms with van der Waals surface area (Å²) in [5.74, 6) is 0. The quantitative estimate of drug-likeness (QED) is 0.500. The largest absolute Gasteiger partial charge is 0.365 e. The van der Waals surface area contributed by atoms with Crippen molar-refractivity contribution in [3.63, 3.8) is 0 Å². The normalized spacial score (nSPS) is 12.0. The third kappa shape index (κ3) is 7.51. The third-order valence-electron chi connectivity index (χ3n) is 1.52. The van der Waals surface area contributed by atoms with Gasteiger partial charge in [-0.05, 0) is 39.7 Å². The van der Waals surface area contributed by atoms with Crippen LogP contribution in [0.15, 0.2) is 23.3 Å². The van der Waals surface area contributed by atoms with Crippen molar-refractivity contribution in [2.45, 2.75) is 39.9 Å². The van der Waals surface area contributed by atoms with Crippen LogP contribution in [0.2, 0.25) is 0 Å². The molecule has 0 fully saturated rings. The van der Waals surface area contributed by atoms with Gasteiger partial charge >= 0.3 is 0 Å². The Balaban J connectivity index is 3.71. The summed E-state index contributed by atoms with van der Waals surface area (Å²) in [6.45, 7) is 6.01. The van der Waals surface area contributed by atoms with E-state index < -0.39 is 6.29 Å². The number of rotatable bonds is 4. The summed E-state index contributed by atoms with van der Waals surface area (Å²) in [5, 5.41) is 17.2. The molecule has 0 aromatic rings. The SMILES string of the molecule is CC(C)=CCC/C(C)=C/C(O)O. The molecule has 0 rings (SSSR count). The Labute approximate surface area is 74.2 Å². The summed E-state index contributed by atoms with van der Waals surface area (Å²) in [6, 6.07) is 0. The Kier molecular flexibility index (Phi) is 5.68. The molecule has 70 valence electrons. The minimum Gasteiger partial charge on any atom is -0.365 e. The molecule has 2 heteroatoms. The Hall–Kier alpha value is -0.600. The van der Waals surface area contributed by atoms with Crippen LogP contribution in [0.4, 0.5) is 0 Å². The Bertz CT molecular complexity index is 174. The van der Waals surface area contributed by atoms with E-state index in [0.717, 1.165) is 18.4 Å². The van der Waals surface area contributed by atoms with E-state index in [9.17, 15) is 0 Å². The second-order valence-electron chi connectivity index (χ2n) is 3.25. The van der Waals surface area contributed by atoms with Crippen molar-refractivity contribution >= 4 is 0 Å². The lowest BCUT2D eigenvalue weighted by atomic mass is 10.1. The Morgan fingerprint density at radius 1 is 1.25 bits per heavy atom. The first-order valence-electron chi connectivity index (χ1n) is 4.19. The number of aliphatic hydroxyl groups excluding tert-OH is 1. The van der Waals surface area contributed by atoms with E-state index in [4.69, 9.17) is 10.2 Å². The van der Waals surface area contributed by atoms with Crippen LogP contribution in [0.1, 0.15) is 33.6 Å². The van der Waals surface area contributed by atoms with E-state index in [2.05, 4.69) is 19.9 Å². The van der Waals surface area contributed by atoms with E-state index in [0.29, 0.717) is 0 Å². The van der Waals surface area contributed by atoms with Crippen LogP contribution in [0.25, 0.3) is 0 Å². The van der Waals surface area contributed by atoms with E-state index >= 15 is 0 Å². The van der Waals surface area contributed by atoms with Gasteiger partial charge in [0.1, 0.15) is 0 Å². The van der Waals surface area contributed by atoms with Gasteiger partial charge in [0.05, 0.1) is 0 Å². The molecule has 0 spiro atoms. The first-order chi connectivity index (χ1) is 5.52. The number of hydrogen-bond acceptors (Lipinski definition) is 2. The summed E-state index contributed by atoms with van der Waals surface area (Å²) in [4.78, 5) is 0. The van der Waals surface area contributed by atoms with Crippen LogP contribution < -0.4 is 0 Å². The second kappa shape index (κ2) is 5.98. The number of allylic oxidation sites excluding steroid dienone is 3. The molecule has 0 saturated heterocycles. The van der Waals surface area contributed by atoms with Crippen LogP contribution in [0.3, 0.4) is 0 Å².